The second kappa shape index (κ2) is 5.55. The van der Waals surface area contributed by atoms with Gasteiger partial charge in [-0.3, -0.25) is 14.6 Å². The fraction of sp³-hybridized carbons (Fsp3) is 0.923. The second-order valence-electron chi connectivity index (χ2n) is 5.96. The highest BCUT2D eigenvalue weighted by atomic mass is 16.4. The zero-order valence-electron chi connectivity index (χ0n) is 11.6. The van der Waals surface area contributed by atoms with Gasteiger partial charge < -0.3 is 10.0 Å². The van der Waals surface area contributed by atoms with E-state index in [1.54, 1.807) is 0 Å². The molecule has 0 aromatic carbocycles. The van der Waals surface area contributed by atoms with Gasteiger partial charge in [0, 0.05) is 44.8 Å². The zero-order valence-corrected chi connectivity index (χ0v) is 11.6. The van der Waals surface area contributed by atoms with Crippen LogP contribution in [0.4, 0.5) is 0 Å². The number of hydrogen-bond acceptors (Lipinski definition) is 4. The Kier molecular flexibility index (Phi) is 4.25. The molecule has 5 heteroatoms. The lowest BCUT2D eigenvalue weighted by Gasteiger charge is -2.49. The van der Waals surface area contributed by atoms with Gasteiger partial charge in [0.25, 0.3) is 0 Å². The number of carbonyl (C=O) groups is 1. The second-order valence-corrected chi connectivity index (χ2v) is 5.96. The van der Waals surface area contributed by atoms with Gasteiger partial charge in [-0.2, -0.15) is 0 Å². The lowest BCUT2D eigenvalue weighted by Crippen LogP contribution is -2.59. The standard InChI is InChI=1S/C13H25N3O2/c1-13(16-9-7-14(2)8-10-16)3-5-15(6-4-13)11-12(17)18/h3-11H2,1-2H3,(H,17,18). The number of aliphatic carboxylic acids is 1. The monoisotopic (exact) mass is 255 g/mol. The number of nitrogens with zero attached hydrogens (tertiary/aromatic N) is 3. The van der Waals surface area contributed by atoms with Crippen LogP contribution in [-0.2, 0) is 4.79 Å². The summed E-state index contributed by atoms with van der Waals surface area (Å²) < 4.78 is 0. The van der Waals surface area contributed by atoms with Crippen LogP contribution in [0.1, 0.15) is 19.8 Å². The van der Waals surface area contributed by atoms with Crippen LogP contribution < -0.4 is 0 Å². The predicted molar refractivity (Wildman–Crippen MR) is 70.8 cm³/mol. The summed E-state index contributed by atoms with van der Waals surface area (Å²) in [5.74, 6) is -0.710. The van der Waals surface area contributed by atoms with Crippen molar-refractivity contribution in [3.63, 3.8) is 0 Å². The van der Waals surface area contributed by atoms with E-state index >= 15 is 0 Å². The van der Waals surface area contributed by atoms with Crippen LogP contribution in [0.25, 0.3) is 0 Å². The smallest absolute Gasteiger partial charge is 0.317 e. The average Bonchev–Trinajstić information content (AvgIpc) is 2.32. The number of piperazine rings is 1. The molecule has 104 valence electrons. The Morgan fingerprint density at radius 1 is 1.11 bits per heavy atom. The van der Waals surface area contributed by atoms with Gasteiger partial charge >= 0.3 is 5.97 Å². The first-order valence-corrected chi connectivity index (χ1v) is 6.87. The molecule has 5 nitrogen and oxygen atoms in total. The molecule has 0 amide bonds. The number of hydrogen-bond donors (Lipinski definition) is 1. The Labute approximate surface area is 109 Å². The predicted octanol–water partition coefficient (Wildman–Crippen LogP) is 0.173. The normalized spacial score (nSPS) is 27.2. The molecular weight excluding hydrogens is 230 g/mol. The van der Waals surface area contributed by atoms with Crippen LogP contribution in [0.2, 0.25) is 0 Å². The SMILES string of the molecule is CN1CCN(C2(C)CCN(CC(=O)O)CC2)CC1. The molecule has 2 saturated heterocycles. The average molecular weight is 255 g/mol. The molecule has 2 aliphatic heterocycles. The van der Waals surface area contributed by atoms with Gasteiger partial charge in [-0.25, -0.2) is 0 Å². The first-order valence-electron chi connectivity index (χ1n) is 6.87. The zero-order chi connectivity index (χ0) is 13.2. The number of rotatable bonds is 3. The lowest BCUT2D eigenvalue weighted by atomic mass is 9.87. The molecule has 0 atom stereocenters. The molecule has 2 aliphatic rings. The number of carboxylic acids is 1. The van der Waals surface area contributed by atoms with Gasteiger partial charge in [0.15, 0.2) is 0 Å². The summed E-state index contributed by atoms with van der Waals surface area (Å²) in [5.41, 5.74) is 0.274. The fourth-order valence-electron chi connectivity index (χ4n) is 3.05. The minimum Gasteiger partial charge on any atom is -0.480 e. The number of likely N-dealkylation sites (N-methyl/N-ethyl adjacent to an activating group) is 1. The molecule has 0 bridgehead atoms. The molecule has 2 heterocycles. The summed E-state index contributed by atoms with van der Waals surface area (Å²) in [6.45, 7) is 8.94. The maximum Gasteiger partial charge on any atom is 0.317 e. The van der Waals surface area contributed by atoms with E-state index in [2.05, 4.69) is 28.7 Å². The van der Waals surface area contributed by atoms with Gasteiger partial charge in [-0.15, -0.1) is 0 Å². The third-order valence-electron chi connectivity index (χ3n) is 4.56. The Bertz CT molecular complexity index is 293. The van der Waals surface area contributed by atoms with Crippen LogP contribution >= 0.6 is 0 Å². The first kappa shape index (κ1) is 13.8. The fourth-order valence-corrected chi connectivity index (χ4v) is 3.05. The highest BCUT2D eigenvalue weighted by molar-refractivity contribution is 5.69. The largest absolute Gasteiger partial charge is 0.480 e. The molecule has 0 aliphatic carbocycles. The van der Waals surface area contributed by atoms with Crippen molar-refractivity contribution in [2.45, 2.75) is 25.3 Å². The minimum atomic E-state index is -0.710. The number of likely N-dealkylation sites (tertiary alicyclic amines) is 1. The molecular formula is C13H25N3O2. The van der Waals surface area contributed by atoms with E-state index in [-0.39, 0.29) is 12.1 Å². The van der Waals surface area contributed by atoms with Crippen molar-refractivity contribution < 1.29 is 9.90 Å². The molecule has 18 heavy (non-hydrogen) atoms. The van der Waals surface area contributed by atoms with E-state index < -0.39 is 5.97 Å². The third kappa shape index (κ3) is 3.22. The highest BCUT2D eigenvalue weighted by Crippen LogP contribution is 2.29. The van der Waals surface area contributed by atoms with Crippen LogP contribution in [0.3, 0.4) is 0 Å². The van der Waals surface area contributed by atoms with Gasteiger partial charge in [0.2, 0.25) is 0 Å². The van der Waals surface area contributed by atoms with Gasteiger partial charge in [0.05, 0.1) is 6.54 Å². The van der Waals surface area contributed by atoms with Gasteiger partial charge in [-0.05, 0) is 26.8 Å². The van der Waals surface area contributed by atoms with Gasteiger partial charge in [0.1, 0.15) is 0 Å². The van der Waals surface area contributed by atoms with E-state index in [9.17, 15) is 4.79 Å². The Hall–Kier alpha value is -0.650. The van der Waals surface area contributed by atoms with Crippen molar-refractivity contribution in [3.05, 3.63) is 0 Å². The maximum absolute atomic E-state index is 10.7. The maximum atomic E-state index is 10.7. The van der Waals surface area contributed by atoms with Crippen molar-refractivity contribution in [3.8, 4) is 0 Å². The van der Waals surface area contributed by atoms with Crippen molar-refractivity contribution in [1.82, 2.24) is 14.7 Å². The summed E-state index contributed by atoms with van der Waals surface area (Å²) in [4.78, 5) is 17.7. The highest BCUT2D eigenvalue weighted by Gasteiger charge is 2.36. The number of carboxylic acid groups (broad SMARTS) is 1. The summed E-state index contributed by atoms with van der Waals surface area (Å²) in [5, 5.41) is 8.82. The Morgan fingerprint density at radius 3 is 2.17 bits per heavy atom. The molecule has 0 spiro atoms. The molecule has 0 radical (unpaired) electrons. The third-order valence-corrected chi connectivity index (χ3v) is 4.56. The molecule has 0 aromatic heterocycles. The van der Waals surface area contributed by atoms with E-state index in [0.29, 0.717) is 0 Å². The van der Waals surface area contributed by atoms with Crippen molar-refractivity contribution >= 4 is 5.97 Å². The lowest BCUT2D eigenvalue weighted by molar-refractivity contribution is -0.139. The van der Waals surface area contributed by atoms with Crippen LogP contribution in [0.15, 0.2) is 0 Å². The summed E-state index contributed by atoms with van der Waals surface area (Å²) in [6.07, 6.45) is 2.17. The van der Waals surface area contributed by atoms with E-state index in [0.717, 1.165) is 52.1 Å². The Balaban J connectivity index is 1.85. The van der Waals surface area contributed by atoms with Crippen LogP contribution in [-0.4, -0.2) is 84.2 Å². The molecule has 2 fully saturated rings. The Morgan fingerprint density at radius 2 is 1.67 bits per heavy atom. The molecule has 2 rings (SSSR count). The summed E-state index contributed by atoms with van der Waals surface area (Å²) >= 11 is 0. The molecule has 1 N–H and O–H groups in total. The van der Waals surface area contributed by atoms with E-state index in [1.807, 2.05) is 0 Å². The van der Waals surface area contributed by atoms with E-state index in [4.69, 9.17) is 5.11 Å². The molecule has 0 aromatic rings. The van der Waals surface area contributed by atoms with Gasteiger partial charge in [-0.1, -0.05) is 0 Å². The van der Waals surface area contributed by atoms with Crippen molar-refractivity contribution in [2.75, 3.05) is 52.9 Å². The molecule has 0 unspecified atom stereocenters. The summed E-state index contributed by atoms with van der Waals surface area (Å²) in [6, 6.07) is 0. The molecule has 0 saturated carbocycles. The van der Waals surface area contributed by atoms with E-state index in [1.165, 1.54) is 0 Å². The van der Waals surface area contributed by atoms with Crippen LogP contribution in [0.5, 0.6) is 0 Å². The summed E-state index contributed by atoms with van der Waals surface area (Å²) in [7, 11) is 2.18. The van der Waals surface area contributed by atoms with Crippen molar-refractivity contribution in [2.24, 2.45) is 0 Å². The topological polar surface area (TPSA) is 47.0 Å². The minimum absolute atomic E-state index is 0.193. The quantitative estimate of drug-likeness (QED) is 0.779. The van der Waals surface area contributed by atoms with Crippen LogP contribution in [0, 0.1) is 0 Å². The first-order chi connectivity index (χ1) is 8.49. The number of piperidine rings is 1. The van der Waals surface area contributed by atoms with Crippen molar-refractivity contribution in [1.29, 1.82) is 0 Å².